The topological polar surface area (TPSA) is 133 Å². The van der Waals surface area contributed by atoms with E-state index in [-0.39, 0.29) is 0 Å². The third kappa shape index (κ3) is 4.54. The molecule has 32 heavy (non-hydrogen) atoms. The SMILES string of the molecule is Cc1cnc(Nc2ccc(N[C@@H]3CCCNC3)nc2)nc1Nc1ccc2oc(=O)[nH]c2c1. The van der Waals surface area contributed by atoms with Crippen molar-refractivity contribution in [3.63, 3.8) is 0 Å². The molecule has 3 aromatic heterocycles. The number of benzene rings is 1. The number of oxazole rings is 1. The van der Waals surface area contributed by atoms with Gasteiger partial charge < -0.3 is 25.7 Å². The molecule has 5 N–H and O–H groups in total. The Labute approximate surface area is 183 Å². The third-order valence-corrected chi connectivity index (χ3v) is 5.32. The van der Waals surface area contributed by atoms with Gasteiger partial charge in [-0.25, -0.2) is 14.8 Å². The highest BCUT2D eigenvalue weighted by molar-refractivity contribution is 5.78. The molecule has 4 aromatic rings. The van der Waals surface area contributed by atoms with E-state index in [2.05, 4.69) is 41.2 Å². The first kappa shape index (κ1) is 20.0. The summed E-state index contributed by atoms with van der Waals surface area (Å²) in [4.78, 5) is 27.5. The molecule has 1 saturated heterocycles. The van der Waals surface area contributed by atoms with E-state index in [0.29, 0.717) is 28.9 Å². The fourth-order valence-electron chi connectivity index (χ4n) is 3.66. The lowest BCUT2D eigenvalue weighted by Gasteiger charge is -2.24. The average Bonchev–Trinajstić information content (AvgIpc) is 3.17. The molecule has 1 aliphatic rings. The van der Waals surface area contributed by atoms with Gasteiger partial charge in [-0.3, -0.25) is 4.98 Å². The van der Waals surface area contributed by atoms with Crippen LogP contribution >= 0.6 is 0 Å². The number of hydrogen-bond donors (Lipinski definition) is 5. The Hall–Kier alpha value is -3.92. The molecule has 1 aliphatic heterocycles. The van der Waals surface area contributed by atoms with Gasteiger partial charge in [-0.2, -0.15) is 4.98 Å². The highest BCUT2D eigenvalue weighted by atomic mass is 16.4. The number of rotatable bonds is 6. The predicted octanol–water partition coefficient (Wildman–Crippen LogP) is 3.27. The summed E-state index contributed by atoms with van der Waals surface area (Å²) in [6, 6.07) is 9.66. The molecule has 0 unspecified atom stereocenters. The zero-order valence-electron chi connectivity index (χ0n) is 17.6. The van der Waals surface area contributed by atoms with E-state index in [1.54, 1.807) is 24.5 Å². The van der Waals surface area contributed by atoms with Crippen molar-refractivity contribution in [3.8, 4) is 0 Å². The Balaban J connectivity index is 1.28. The van der Waals surface area contributed by atoms with Crippen LogP contribution in [0.1, 0.15) is 18.4 Å². The molecule has 164 valence electrons. The molecule has 1 atom stereocenters. The summed E-state index contributed by atoms with van der Waals surface area (Å²) in [6.45, 7) is 3.96. The molecule has 0 aliphatic carbocycles. The van der Waals surface area contributed by atoms with E-state index in [0.717, 1.165) is 42.3 Å². The van der Waals surface area contributed by atoms with E-state index >= 15 is 0 Å². The summed E-state index contributed by atoms with van der Waals surface area (Å²) in [5, 5.41) is 13.3. The molecule has 0 radical (unpaired) electrons. The Bertz CT molecular complexity index is 1280. The average molecular weight is 432 g/mol. The van der Waals surface area contributed by atoms with Crippen molar-refractivity contribution in [2.75, 3.05) is 29.0 Å². The molecule has 1 aromatic carbocycles. The van der Waals surface area contributed by atoms with Crippen molar-refractivity contribution >= 4 is 40.1 Å². The number of nitrogens with zero attached hydrogens (tertiary/aromatic N) is 3. The molecule has 0 spiro atoms. The number of anilines is 5. The van der Waals surface area contributed by atoms with Gasteiger partial charge in [-0.05, 0) is 56.6 Å². The van der Waals surface area contributed by atoms with Crippen LogP contribution in [0.25, 0.3) is 11.1 Å². The first-order valence-corrected chi connectivity index (χ1v) is 10.6. The normalized spacial score (nSPS) is 16.1. The van der Waals surface area contributed by atoms with Crippen LogP contribution < -0.4 is 27.0 Å². The second kappa shape index (κ2) is 8.67. The monoisotopic (exact) mass is 432 g/mol. The lowest BCUT2D eigenvalue weighted by Crippen LogP contribution is -2.38. The van der Waals surface area contributed by atoms with Gasteiger partial charge in [-0.1, -0.05) is 0 Å². The van der Waals surface area contributed by atoms with Crippen LogP contribution in [0.5, 0.6) is 0 Å². The fourth-order valence-corrected chi connectivity index (χ4v) is 3.66. The Morgan fingerprint density at radius 1 is 1.09 bits per heavy atom. The number of aromatic nitrogens is 4. The molecular formula is C22H24N8O2. The van der Waals surface area contributed by atoms with Gasteiger partial charge in [0.05, 0.1) is 17.4 Å². The first-order valence-electron chi connectivity index (χ1n) is 10.6. The quantitative estimate of drug-likeness (QED) is 0.311. The number of pyridine rings is 1. The summed E-state index contributed by atoms with van der Waals surface area (Å²) in [7, 11) is 0. The summed E-state index contributed by atoms with van der Waals surface area (Å²) < 4.78 is 5.05. The van der Waals surface area contributed by atoms with Crippen LogP contribution in [0.4, 0.5) is 29.0 Å². The lowest BCUT2D eigenvalue weighted by atomic mass is 10.1. The van der Waals surface area contributed by atoms with Crippen LogP contribution in [-0.2, 0) is 0 Å². The molecule has 0 amide bonds. The Morgan fingerprint density at radius 2 is 2.00 bits per heavy atom. The van der Waals surface area contributed by atoms with E-state index < -0.39 is 5.76 Å². The van der Waals surface area contributed by atoms with Crippen LogP contribution in [0.15, 0.2) is 51.9 Å². The Morgan fingerprint density at radius 3 is 2.81 bits per heavy atom. The summed E-state index contributed by atoms with van der Waals surface area (Å²) in [6.07, 6.45) is 5.82. The minimum absolute atomic E-state index is 0.406. The zero-order chi connectivity index (χ0) is 21.9. The minimum Gasteiger partial charge on any atom is -0.408 e. The molecule has 5 rings (SSSR count). The molecule has 0 bridgehead atoms. The van der Waals surface area contributed by atoms with Crippen LogP contribution in [0.2, 0.25) is 0 Å². The van der Waals surface area contributed by atoms with Gasteiger partial charge in [0.1, 0.15) is 11.6 Å². The molecular weight excluding hydrogens is 408 g/mol. The van der Waals surface area contributed by atoms with Crippen molar-refractivity contribution in [2.24, 2.45) is 0 Å². The van der Waals surface area contributed by atoms with Crippen LogP contribution in [0, 0.1) is 6.92 Å². The van der Waals surface area contributed by atoms with Crippen molar-refractivity contribution in [2.45, 2.75) is 25.8 Å². The largest absolute Gasteiger partial charge is 0.417 e. The Kier molecular flexibility index (Phi) is 5.42. The van der Waals surface area contributed by atoms with E-state index in [9.17, 15) is 4.79 Å². The summed E-state index contributed by atoms with van der Waals surface area (Å²) in [5.74, 6) is 1.48. The van der Waals surface area contributed by atoms with Crippen LogP contribution in [-0.4, -0.2) is 39.1 Å². The number of hydrogen-bond acceptors (Lipinski definition) is 9. The molecule has 0 saturated carbocycles. The number of H-pyrrole nitrogens is 1. The highest BCUT2D eigenvalue weighted by Crippen LogP contribution is 2.23. The van der Waals surface area contributed by atoms with Gasteiger partial charge in [-0.15, -0.1) is 0 Å². The van der Waals surface area contributed by atoms with Gasteiger partial charge in [0, 0.05) is 30.0 Å². The third-order valence-electron chi connectivity index (χ3n) is 5.32. The van der Waals surface area contributed by atoms with Gasteiger partial charge >= 0.3 is 5.76 Å². The molecule has 10 heteroatoms. The second-order valence-corrected chi connectivity index (χ2v) is 7.82. The van der Waals surface area contributed by atoms with Crippen LogP contribution in [0.3, 0.4) is 0 Å². The van der Waals surface area contributed by atoms with E-state index in [4.69, 9.17) is 4.42 Å². The standard InChI is InChI=1S/C22H24N8O2/c1-13-10-25-21(28-16-5-7-19(24-12-16)26-15-3-2-8-23-11-15)30-20(13)27-14-4-6-18-17(9-14)29-22(31)32-18/h4-7,9-10,12,15,23H,2-3,8,11H2,1H3,(H,24,26)(H,29,31)(H2,25,27,28,30)/t15-/m1/s1. The zero-order valence-corrected chi connectivity index (χ0v) is 17.6. The number of aryl methyl sites for hydroxylation is 1. The predicted molar refractivity (Wildman–Crippen MR) is 124 cm³/mol. The van der Waals surface area contributed by atoms with E-state index in [1.807, 2.05) is 25.1 Å². The summed E-state index contributed by atoms with van der Waals surface area (Å²) >= 11 is 0. The highest BCUT2D eigenvalue weighted by Gasteiger charge is 2.13. The minimum atomic E-state index is -0.480. The maximum atomic E-state index is 11.4. The van der Waals surface area contributed by atoms with Gasteiger partial charge in [0.2, 0.25) is 5.95 Å². The number of nitrogens with one attached hydrogen (secondary N) is 5. The second-order valence-electron chi connectivity index (χ2n) is 7.82. The van der Waals surface area contributed by atoms with Gasteiger partial charge in [0.15, 0.2) is 5.58 Å². The molecule has 4 heterocycles. The number of piperidine rings is 1. The smallest absolute Gasteiger partial charge is 0.408 e. The number of fused-ring (bicyclic) bond motifs is 1. The van der Waals surface area contributed by atoms with Gasteiger partial charge in [0.25, 0.3) is 0 Å². The van der Waals surface area contributed by atoms with E-state index in [1.165, 1.54) is 6.42 Å². The van der Waals surface area contributed by atoms with Crippen molar-refractivity contribution in [1.29, 1.82) is 0 Å². The molecule has 10 nitrogen and oxygen atoms in total. The van der Waals surface area contributed by atoms with Crippen molar-refractivity contribution in [1.82, 2.24) is 25.3 Å². The lowest BCUT2D eigenvalue weighted by molar-refractivity contribution is 0.479. The van der Waals surface area contributed by atoms with Crippen molar-refractivity contribution < 1.29 is 4.42 Å². The maximum absolute atomic E-state index is 11.4. The summed E-state index contributed by atoms with van der Waals surface area (Å²) in [5.41, 5.74) is 3.58. The maximum Gasteiger partial charge on any atom is 0.417 e. The number of aromatic amines is 1. The van der Waals surface area contributed by atoms with Crippen molar-refractivity contribution in [3.05, 3.63) is 58.8 Å². The molecule has 1 fully saturated rings. The first-order chi connectivity index (χ1) is 15.6. The fraction of sp³-hybridized carbons (Fsp3) is 0.273.